The van der Waals surface area contributed by atoms with Crippen molar-refractivity contribution in [2.45, 2.75) is 76.4 Å². The van der Waals surface area contributed by atoms with Gasteiger partial charge in [0.2, 0.25) is 11.8 Å². The molecule has 1 atom stereocenters. The van der Waals surface area contributed by atoms with E-state index in [0.29, 0.717) is 56.1 Å². The van der Waals surface area contributed by atoms with Gasteiger partial charge in [-0.15, -0.1) is 0 Å². The van der Waals surface area contributed by atoms with Crippen LogP contribution in [0.25, 0.3) is 0 Å². The van der Waals surface area contributed by atoms with Crippen LogP contribution in [0.15, 0.2) is 54.6 Å². The van der Waals surface area contributed by atoms with E-state index in [1.807, 2.05) is 30.3 Å². The fraction of sp³-hybridized carbons (Fsp3) is 0.484. The quantitative estimate of drug-likeness (QED) is 0.446. The van der Waals surface area contributed by atoms with E-state index in [4.69, 9.17) is 0 Å². The van der Waals surface area contributed by atoms with Crippen LogP contribution in [0.5, 0.6) is 0 Å². The zero-order valence-corrected chi connectivity index (χ0v) is 22.7. The summed E-state index contributed by atoms with van der Waals surface area (Å²) in [6.45, 7) is 3.06. The third kappa shape index (κ3) is 7.45. The minimum atomic E-state index is -0.937. The molecule has 1 aliphatic carbocycles. The van der Waals surface area contributed by atoms with E-state index in [2.05, 4.69) is 22.0 Å². The summed E-state index contributed by atoms with van der Waals surface area (Å²) in [7, 11) is 0. The van der Waals surface area contributed by atoms with Gasteiger partial charge in [0.15, 0.2) is 0 Å². The lowest BCUT2D eigenvalue weighted by molar-refractivity contribution is -0.140. The van der Waals surface area contributed by atoms with E-state index in [1.165, 1.54) is 13.3 Å². The molecule has 1 aliphatic heterocycles. The molecule has 206 valence electrons. The van der Waals surface area contributed by atoms with Crippen molar-refractivity contribution in [3.05, 3.63) is 65.7 Å². The van der Waals surface area contributed by atoms with Gasteiger partial charge in [-0.2, -0.15) is 5.26 Å². The Morgan fingerprint density at radius 1 is 1.03 bits per heavy atom. The highest BCUT2D eigenvalue weighted by atomic mass is 16.2. The Morgan fingerprint density at radius 2 is 1.69 bits per heavy atom. The van der Waals surface area contributed by atoms with Crippen LogP contribution in [-0.4, -0.2) is 47.3 Å². The largest absolute Gasteiger partial charge is 0.340 e. The van der Waals surface area contributed by atoms with Gasteiger partial charge < -0.3 is 20.9 Å². The minimum Gasteiger partial charge on any atom is -0.340 e. The fourth-order valence-electron chi connectivity index (χ4n) is 5.80. The van der Waals surface area contributed by atoms with E-state index in [9.17, 15) is 19.6 Å². The standard InChI is InChI=1S/C31H39N5O3/c1-23(37)34-27-14-12-26(13-15-27)29(38)35-28(20-24-8-4-2-5-9-24)30(39)36(21-25-10-6-3-7-11-25)31(22-32)16-18-33-19-17-31/h3,6-7,10-15,24,28,33H,2,4-5,8-9,16-21H2,1H3,(H,34,37)(H,35,38). The van der Waals surface area contributed by atoms with Crippen molar-refractivity contribution in [2.24, 2.45) is 5.92 Å². The molecule has 3 N–H and O–H groups in total. The third-order valence-corrected chi connectivity index (χ3v) is 7.97. The third-order valence-electron chi connectivity index (χ3n) is 7.97. The topological polar surface area (TPSA) is 114 Å². The van der Waals surface area contributed by atoms with Gasteiger partial charge >= 0.3 is 0 Å². The summed E-state index contributed by atoms with van der Waals surface area (Å²) in [6.07, 6.45) is 7.17. The Morgan fingerprint density at radius 3 is 2.31 bits per heavy atom. The van der Waals surface area contributed by atoms with Crippen LogP contribution >= 0.6 is 0 Å². The van der Waals surface area contributed by atoms with Crippen LogP contribution in [0.1, 0.15) is 74.2 Å². The predicted molar refractivity (Wildman–Crippen MR) is 151 cm³/mol. The Hall–Kier alpha value is -3.70. The van der Waals surface area contributed by atoms with Gasteiger partial charge in [-0.3, -0.25) is 14.4 Å². The molecule has 0 spiro atoms. The number of carbonyl (C=O) groups excluding carboxylic acids is 3. The monoisotopic (exact) mass is 529 g/mol. The number of benzene rings is 2. The van der Waals surface area contributed by atoms with Crippen molar-refractivity contribution in [2.75, 3.05) is 18.4 Å². The number of nitriles is 1. The van der Waals surface area contributed by atoms with Crippen molar-refractivity contribution in [1.82, 2.24) is 15.5 Å². The molecule has 0 radical (unpaired) electrons. The lowest BCUT2D eigenvalue weighted by Crippen LogP contribution is -2.60. The van der Waals surface area contributed by atoms with E-state index in [1.54, 1.807) is 29.2 Å². The Bertz CT molecular complexity index is 1160. The van der Waals surface area contributed by atoms with Gasteiger partial charge in [-0.05, 0) is 68.1 Å². The Kier molecular flexibility index (Phi) is 9.72. The molecule has 1 saturated heterocycles. The Balaban J connectivity index is 1.62. The summed E-state index contributed by atoms with van der Waals surface area (Å²) in [5, 5.41) is 19.5. The summed E-state index contributed by atoms with van der Waals surface area (Å²) in [6, 6.07) is 18.2. The van der Waals surface area contributed by atoms with E-state index < -0.39 is 11.6 Å². The number of rotatable bonds is 9. The zero-order valence-electron chi connectivity index (χ0n) is 22.7. The fourth-order valence-corrected chi connectivity index (χ4v) is 5.80. The number of anilines is 1. The SMILES string of the molecule is CC(=O)Nc1ccc(C(=O)NC(CC2CCCCC2)C(=O)N(Cc2ccccc2)C2(C#N)CCNCC2)cc1. The smallest absolute Gasteiger partial charge is 0.251 e. The highest BCUT2D eigenvalue weighted by Crippen LogP contribution is 2.32. The molecular weight excluding hydrogens is 490 g/mol. The van der Waals surface area contributed by atoms with Crippen molar-refractivity contribution in [1.29, 1.82) is 5.26 Å². The first-order valence-corrected chi connectivity index (χ1v) is 14.1. The molecule has 3 amide bonds. The number of hydrogen-bond acceptors (Lipinski definition) is 5. The maximum Gasteiger partial charge on any atom is 0.251 e. The van der Waals surface area contributed by atoms with Crippen molar-refractivity contribution in [3.8, 4) is 6.07 Å². The maximum atomic E-state index is 14.4. The van der Waals surface area contributed by atoms with Gasteiger partial charge in [0.25, 0.3) is 5.91 Å². The van der Waals surface area contributed by atoms with Crippen LogP contribution in [0.2, 0.25) is 0 Å². The summed E-state index contributed by atoms with van der Waals surface area (Å²) in [4.78, 5) is 40.9. The van der Waals surface area contributed by atoms with Crippen LogP contribution < -0.4 is 16.0 Å². The lowest BCUT2D eigenvalue weighted by atomic mass is 9.83. The Labute approximate surface area is 231 Å². The van der Waals surface area contributed by atoms with Gasteiger partial charge in [0.1, 0.15) is 11.6 Å². The van der Waals surface area contributed by atoms with Gasteiger partial charge in [0, 0.05) is 24.7 Å². The number of nitrogens with one attached hydrogen (secondary N) is 3. The number of hydrogen-bond donors (Lipinski definition) is 3. The maximum absolute atomic E-state index is 14.4. The van der Waals surface area contributed by atoms with Crippen molar-refractivity contribution < 1.29 is 14.4 Å². The van der Waals surface area contributed by atoms with Gasteiger partial charge in [-0.25, -0.2) is 0 Å². The second kappa shape index (κ2) is 13.4. The predicted octanol–water partition coefficient (Wildman–Crippen LogP) is 4.39. The normalized spacial score (nSPS) is 17.8. The van der Waals surface area contributed by atoms with E-state index in [0.717, 1.165) is 31.2 Å². The number of piperidine rings is 1. The zero-order chi connectivity index (χ0) is 27.7. The molecule has 1 saturated carbocycles. The number of amides is 3. The summed E-state index contributed by atoms with van der Waals surface area (Å²) in [5.41, 5.74) is 1.03. The molecule has 2 aliphatic rings. The highest BCUT2D eigenvalue weighted by molar-refractivity contribution is 5.98. The molecule has 2 fully saturated rings. The molecule has 8 nitrogen and oxygen atoms in total. The highest BCUT2D eigenvalue weighted by Gasteiger charge is 2.44. The van der Waals surface area contributed by atoms with Crippen LogP contribution in [-0.2, 0) is 16.1 Å². The molecule has 0 aromatic heterocycles. The van der Waals surface area contributed by atoms with Crippen LogP contribution in [0, 0.1) is 17.2 Å². The second-order valence-corrected chi connectivity index (χ2v) is 10.8. The molecular formula is C31H39N5O3. The molecule has 2 aromatic carbocycles. The average Bonchev–Trinajstić information content (AvgIpc) is 2.96. The molecule has 1 heterocycles. The summed E-state index contributed by atoms with van der Waals surface area (Å²) in [5.74, 6) is -0.376. The van der Waals surface area contributed by atoms with Crippen molar-refractivity contribution >= 4 is 23.4 Å². The number of nitrogens with zero attached hydrogens (tertiary/aromatic N) is 2. The minimum absolute atomic E-state index is 0.187. The summed E-state index contributed by atoms with van der Waals surface area (Å²) >= 11 is 0. The molecule has 8 heteroatoms. The lowest BCUT2D eigenvalue weighted by Gasteiger charge is -2.43. The van der Waals surface area contributed by atoms with Gasteiger partial charge in [0.05, 0.1) is 6.07 Å². The van der Waals surface area contributed by atoms with E-state index >= 15 is 0 Å². The van der Waals surface area contributed by atoms with Crippen LogP contribution in [0.4, 0.5) is 5.69 Å². The average molecular weight is 530 g/mol. The van der Waals surface area contributed by atoms with Crippen LogP contribution in [0.3, 0.4) is 0 Å². The molecule has 39 heavy (non-hydrogen) atoms. The van der Waals surface area contributed by atoms with Crippen molar-refractivity contribution in [3.63, 3.8) is 0 Å². The second-order valence-electron chi connectivity index (χ2n) is 10.8. The molecule has 4 rings (SSSR count). The molecule has 1 unspecified atom stereocenters. The first-order valence-electron chi connectivity index (χ1n) is 14.1. The first kappa shape index (κ1) is 28.3. The molecule has 0 bridgehead atoms. The van der Waals surface area contributed by atoms with Gasteiger partial charge in [-0.1, -0.05) is 62.4 Å². The van der Waals surface area contributed by atoms with E-state index in [-0.39, 0.29) is 17.7 Å². The first-order chi connectivity index (χ1) is 18.9. The summed E-state index contributed by atoms with van der Waals surface area (Å²) < 4.78 is 0. The number of carbonyl (C=O) groups is 3. The molecule has 2 aromatic rings.